The second-order valence-electron chi connectivity index (χ2n) is 9.07. The zero-order valence-electron chi connectivity index (χ0n) is 16.8. The van der Waals surface area contributed by atoms with Crippen LogP contribution in [0.3, 0.4) is 0 Å². The zero-order valence-corrected chi connectivity index (χ0v) is 16.8. The van der Waals surface area contributed by atoms with Crippen LogP contribution in [0, 0.1) is 11.8 Å². The van der Waals surface area contributed by atoms with Gasteiger partial charge < -0.3 is 19.6 Å². The lowest BCUT2D eigenvalue weighted by molar-refractivity contribution is -0.127. The minimum absolute atomic E-state index is 0.107. The van der Waals surface area contributed by atoms with Gasteiger partial charge in [0.1, 0.15) is 24.2 Å². The Bertz CT molecular complexity index is 1110. The van der Waals surface area contributed by atoms with Gasteiger partial charge in [-0.1, -0.05) is 6.07 Å². The third kappa shape index (κ3) is 3.24. The van der Waals surface area contributed by atoms with E-state index in [0.29, 0.717) is 19.4 Å². The Kier molecular flexibility index (Phi) is 4.25. The van der Waals surface area contributed by atoms with Gasteiger partial charge in [-0.25, -0.2) is 0 Å². The zero-order chi connectivity index (χ0) is 20.2. The van der Waals surface area contributed by atoms with Gasteiger partial charge in [-0.15, -0.1) is 0 Å². The number of amides is 1. The predicted molar refractivity (Wildman–Crippen MR) is 113 cm³/mol. The molecule has 2 saturated heterocycles. The summed E-state index contributed by atoms with van der Waals surface area (Å²) < 4.78 is 11.8. The number of ether oxygens (including phenoxy) is 1. The summed E-state index contributed by atoms with van der Waals surface area (Å²) in [4.78, 5) is 14.1. The van der Waals surface area contributed by atoms with E-state index in [2.05, 4.69) is 28.4 Å². The van der Waals surface area contributed by atoms with Crippen LogP contribution in [0.1, 0.15) is 30.7 Å². The molecule has 3 unspecified atom stereocenters. The van der Waals surface area contributed by atoms with Crippen molar-refractivity contribution in [2.45, 2.75) is 31.4 Å². The Morgan fingerprint density at radius 2 is 2.03 bits per heavy atom. The van der Waals surface area contributed by atoms with Crippen LogP contribution in [0.2, 0.25) is 0 Å². The van der Waals surface area contributed by atoms with Gasteiger partial charge in [-0.05, 0) is 59.7 Å². The Morgan fingerprint density at radius 3 is 2.87 bits per heavy atom. The second kappa shape index (κ2) is 7.00. The number of furan rings is 1. The normalized spacial score (nSPS) is 28.6. The SMILES string of the molecule is O=C1CC[C@@H](c2coc3cc4ccc(OCCN5CC6CC6C5)cc4cc23)C(O)N1. The van der Waals surface area contributed by atoms with Crippen LogP contribution in [0.5, 0.6) is 5.75 Å². The molecule has 3 fully saturated rings. The van der Waals surface area contributed by atoms with Crippen LogP contribution in [0.4, 0.5) is 0 Å². The van der Waals surface area contributed by atoms with E-state index in [0.717, 1.165) is 51.4 Å². The fourth-order valence-electron chi connectivity index (χ4n) is 5.22. The molecule has 0 bridgehead atoms. The molecule has 2 N–H and O–H groups in total. The minimum Gasteiger partial charge on any atom is -0.492 e. The number of aliphatic hydroxyl groups excluding tert-OH is 1. The molecule has 3 aliphatic rings. The van der Waals surface area contributed by atoms with Crippen molar-refractivity contribution < 1.29 is 19.1 Å². The van der Waals surface area contributed by atoms with Crippen molar-refractivity contribution in [2.24, 2.45) is 11.8 Å². The first-order valence-corrected chi connectivity index (χ1v) is 10.9. The standard InChI is InChI=1S/C24H26N2O4/c27-23-4-3-19(24(28)25-23)21-13-30-22-10-14-1-2-18(8-15(14)9-20(21)22)29-6-5-26-11-16-7-17(16)12-26/h1-2,8-10,13,16-17,19,24,28H,3-7,11-12H2,(H,25,27)/t16?,17?,19-,24?/m0/s1. The molecule has 1 aromatic heterocycles. The Balaban J connectivity index is 1.22. The molecule has 3 heterocycles. The molecule has 3 aromatic rings. The van der Waals surface area contributed by atoms with Gasteiger partial charge >= 0.3 is 0 Å². The number of carbonyl (C=O) groups excluding carboxylic acids is 1. The molecular weight excluding hydrogens is 380 g/mol. The highest BCUT2D eigenvalue weighted by Gasteiger charge is 2.44. The number of piperidine rings is 2. The summed E-state index contributed by atoms with van der Waals surface area (Å²) >= 11 is 0. The van der Waals surface area contributed by atoms with Gasteiger partial charge in [-0.2, -0.15) is 0 Å². The molecule has 6 heteroatoms. The fourth-order valence-corrected chi connectivity index (χ4v) is 5.22. The summed E-state index contributed by atoms with van der Waals surface area (Å²) in [5.74, 6) is 2.51. The maximum absolute atomic E-state index is 11.5. The molecule has 6 nitrogen and oxygen atoms in total. The highest BCUT2D eigenvalue weighted by atomic mass is 16.5. The number of nitrogens with zero attached hydrogens (tertiary/aromatic N) is 1. The lowest BCUT2D eigenvalue weighted by Gasteiger charge is -2.27. The Morgan fingerprint density at radius 1 is 1.17 bits per heavy atom. The number of hydrogen-bond acceptors (Lipinski definition) is 5. The summed E-state index contributed by atoms with van der Waals surface area (Å²) in [6.45, 7) is 4.17. The maximum atomic E-state index is 11.5. The monoisotopic (exact) mass is 406 g/mol. The van der Waals surface area contributed by atoms with Gasteiger partial charge in [0, 0.05) is 42.9 Å². The van der Waals surface area contributed by atoms with Gasteiger partial charge in [0.25, 0.3) is 0 Å². The first kappa shape index (κ1) is 18.2. The van der Waals surface area contributed by atoms with E-state index in [9.17, 15) is 9.90 Å². The third-order valence-electron chi connectivity index (χ3n) is 7.04. The lowest BCUT2D eigenvalue weighted by atomic mass is 9.89. The fraction of sp³-hybridized carbons (Fsp3) is 0.458. The Labute approximate surface area is 174 Å². The molecule has 6 rings (SSSR count). The van der Waals surface area contributed by atoms with E-state index in [1.165, 1.54) is 19.5 Å². The van der Waals surface area contributed by atoms with E-state index >= 15 is 0 Å². The van der Waals surface area contributed by atoms with Crippen molar-refractivity contribution in [3.05, 3.63) is 42.2 Å². The number of nitrogens with one attached hydrogen (secondary N) is 1. The number of rotatable bonds is 5. The molecular formula is C24H26N2O4. The highest BCUT2D eigenvalue weighted by molar-refractivity contribution is 5.98. The average Bonchev–Trinajstić information content (AvgIpc) is 3.14. The van der Waals surface area contributed by atoms with Crippen molar-refractivity contribution >= 4 is 27.6 Å². The molecule has 4 atom stereocenters. The molecule has 1 aliphatic carbocycles. The van der Waals surface area contributed by atoms with Crippen LogP contribution >= 0.6 is 0 Å². The summed E-state index contributed by atoms with van der Waals surface area (Å²) in [5.41, 5.74) is 1.74. The van der Waals surface area contributed by atoms with Crippen LogP contribution in [0.15, 0.2) is 41.0 Å². The Hall–Kier alpha value is -2.57. The van der Waals surface area contributed by atoms with E-state index in [1.807, 2.05) is 12.1 Å². The number of aliphatic hydroxyl groups is 1. The van der Waals surface area contributed by atoms with Crippen LogP contribution < -0.4 is 10.1 Å². The topological polar surface area (TPSA) is 74.9 Å². The summed E-state index contributed by atoms with van der Waals surface area (Å²) in [7, 11) is 0. The van der Waals surface area contributed by atoms with Crippen molar-refractivity contribution in [3.63, 3.8) is 0 Å². The maximum Gasteiger partial charge on any atom is 0.222 e. The van der Waals surface area contributed by atoms with Crippen LogP contribution in [0.25, 0.3) is 21.7 Å². The van der Waals surface area contributed by atoms with Gasteiger partial charge in [0.05, 0.1) is 6.26 Å². The number of hydrogen-bond donors (Lipinski definition) is 2. The van der Waals surface area contributed by atoms with Gasteiger partial charge in [0.15, 0.2) is 0 Å². The number of likely N-dealkylation sites (tertiary alicyclic amines) is 1. The summed E-state index contributed by atoms with van der Waals surface area (Å²) in [5, 5.41) is 16.1. The van der Waals surface area contributed by atoms with E-state index in [-0.39, 0.29) is 11.8 Å². The largest absolute Gasteiger partial charge is 0.492 e. The number of benzene rings is 2. The van der Waals surface area contributed by atoms with Gasteiger partial charge in [-0.3, -0.25) is 9.69 Å². The molecule has 30 heavy (non-hydrogen) atoms. The number of carbonyl (C=O) groups is 1. The first-order valence-electron chi connectivity index (χ1n) is 10.9. The van der Waals surface area contributed by atoms with Crippen molar-refractivity contribution in [1.82, 2.24) is 10.2 Å². The summed E-state index contributed by atoms with van der Waals surface area (Å²) in [6, 6.07) is 10.3. The van der Waals surface area contributed by atoms with Crippen molar-refractivity contribution in [1.29, 1.82) is 0 Å². The number of fused-ring (bicyclic) bond motifs is 3. The van der Waals surface area contributed by atoms with Gasteiger partial charge in [0.2, 0.25) is 5.91 Å². The van der Waals surface area contributed by atoms with E-state index in [1.54, 1.807) is 6.26 Å². The highest BCUT2D eigenvalue weighted by Crippen LogP contribution is 2.44. The van der Waals surface area contributed by atoms with Crippen LogP contribution in [-0.4, -0.2) is 48.4 Å². The molecule has 0 spiro atoms. The molecule has 0 radical (unpaired) electrons. The molecule has 2 aromatic carbocycles. The summed E-state index contributed by atoms with van der Waals surface area (Å²) in [6.07, 6.45) is 3.29. The quantitative estimate of drug-likeness (QED) is 0.681. The third-order valence-corrected chi connectivity index (χ3v) is 7.04. The first-order chi connectivity index (χ1) is 14.6. The van der Waals surface area contributed by atoms with Crippen LogP contribution in [-0.2, 0) is 4.79 Å². The molecule has 1 amide bonds. The second-order valence-corrected chi connectivity index (χ2v) is 9.07. The van der Waals surface area contributed by atoms with E-state index in [4.69, 9.17) is 9.15 Å². The molecule has 156 valence electrons. The minimum atomic E-state index is -0.881. The lowest BCUT2D eigenvalue weighted by Crippen LogP contribution is -2.43. The predicted octanol–water partition coefficient (Wildman–Crippen LogP) is 3.23. The smallest absolute Gasteiger partial charge is 0.222 e. The van der Waals surface area contributed by atoms with Crippen molar-refractivity contribution in [3.8, 4) is 5.75 Å². The van der Waals surface area contributed by atoms with E-state index < -0.39 is 6.23 Å². The molecule has 2 aliphatic heterocycles. The molecule has 1 saturated carbocycles. The average molecular weight is 406 g/mol. The van der Waals surface area contributed by atoms with Crippen molar-refractivity contribution in [2.75, 3.05) is 26.2 Å².